The summed E-state index contributed by atoms with van der Waals surface area (Å²) in [6.45, 7) is 2.91. The standard InChI is InChI=1S/C17H18ClN5O/c1-13(23-12-16(18)10-21-23)17(24)19-9-14-5-2-3-6-15(14)11-22-8-4-7-20-22/h2-8,10,12-13H,9,11H2,1H3,(H,19,24). The van der Waals surface area contributed by atoms with E-state index in [2.05, 4.69) is 15.5 Å². The molecule has 7 heteroatoms. The summed E-state index contributed by atoms with van der Waals surface area (Å²) >= 11 is 5.85. The molecule has 0 radical (unpaired) electrons. The maximum absolute atomic E-state index is 12.3. The van der Waals surface area contributed by atoms with Gasteiger partial charge in [0.2, 0.25) is 5.91 Å². The molecule has 0 spiro atoms. The van der Waals surface area contributed by atoms with E-state index < -0.39 is 6.04 Å². The average molecular weight is 344 g/mol. The number of hydrogen-bond acceptors (Lipinski definition) is 3. The number of rotatable bonds is 6. The zero-order valence-electron chi connectivity index (χ0n) is 13.3. The van der Waals surface area contributed by atoms with Crippen LogP contribution in [0.5, 0.6) is 0 Å². The molecule has 1 N–H and O–H groups in total. The van der Waals surface area contributed by atoms with Gasteiger partial charge in [0.25, 0.3) is 0 Å². The second-order valence-electron chi connectivity index (χ2n) is 5.50. The lowest BCUT2D eigenvalue weighted by Crippen LogP contribution is -2.31. The Labute approximate surface area is 145 Å². The van der Waals surface area contributed by atoms with Gasteiger partial charge in [-0.25, -0.2) is 0 Å². The van der Waals surface area contributed by atoms with E-state index in [0.29, 0.717) is 18.1 Å². The fraction of sp³-hybridized carbons (Fsp3) is 0.235. The van der Waals surface area contributed by atoms with Crippen molar-refractivity contribution in [3.05, 3.63) is 71.3 Å². The van der Waals surface area contributed by atoms with E-state index >= 15 is 0 Å². The molecule has 0 fully saturated rings. The van der Waals surface area contributed by atoms with E-state index in [1.54, 1.807) is 24.0 Å². The van der Waals surface area contributed by atoms with Gasteiger partial charge >= 0.3 is 0 Å². The van der Waals surface area contributed by atoms with Gasteiger partial charge < -0.3 is 5.32 Å². The van der Waals surface area contributed by atoms with E-state index in [-0.39, 0.29) is 5.91 Å². The number of nitrogens with one attached hydrogen (secondary N) is 1. The van der Waals surface area contributed by atoms with Crippen molar-refractivity contribution < 1.29 is 4.79 Å². The Bertz CT molecular complexity index is 812. The normalized spacial score (nSPS) is 12.1. The number of aromatic nitrogens is 4. The Balaban J connectivity index is 1.65. The molecule has 1 aromatic carbocycles. The molecular weight excluding hydrogens is 326 g/mol. The zero-order valence-corrected chi connectivity index (χ0v) is 14.0. The summed E-state index contributed by atoms with van der Waals surface area (Å²) in [5.41, 5.74) is 2.18. The minimum atomic E-state index is -0.421. The molecule has 0 bridgehead atoms. The van der Waals surface area contributed by atoms with Gasteiger partial charge in [-0.15, -0.1) is 0 Å². The van der Waals surface area contributed by atoms with Crippen molar-refractivity contribution in [1.82, 2.24) is 24.9 Å². The van der Waals surface area contributed by atoms with Crippen LogP contribution < -0.4 is 5.32 Å². The fourth-order valence-corrected chi connectivity index (χ4v) is 2.57. The molecule has 0 saturated carbocycles. The largest absolute Gasteiger partial charge is 0.350 e. The molecule has 1 atom stereocenters. The SMILES string of the molecule is CC(C(=O)NCc1ccccc1Cn1cccn1)n1cc(Cl)cn1. The summed E-state index contributed by atoms with van der Waals surface area (Å²) in [4.78, 5) is 12.3. The van der Waals surface area contributed by atoms with Gasteiger partial charge in [0.05, 0.1) is 17.8 Å². The van der Waals surface area contributed by atoms with Crippen LogP contribution in [-0.2, 0) is 17.9 Å². The number of amides is 1. The van der Waals surface area contributed by atoms with Gasteiger partial charge in [0.1, 0.15) is 6.04 Å². The van der Waals surface area contributed by atoms with Crippen LogP contribution in [0.2, 0.25) is 5.02 Å². The molecule has 1 unspecified atom stereocenters. The lowest BCUT2D eigenvalue weighted by Gasteiger charge is -2.14. The Morgan fingerprint density at radius 2 is 2.04 bits per heavy atom. The molecule has 24 heavy (non-hydrogen) atoms. The minimum absolute atomic E-state index is 0.108. The van der Waals surface area contributed by atoms with Gasteiger partial charge in [0.15, 0.2) is 0 Å². The van der Waals surface area contributed by atoms with Crippen LogP contribution in [0, 0.1) is 0 Å². The zero-order chi connectivity index (χ0) is 16.9. The highest BCUT2D eigenvalue weighted by atomic mass is 35.5. The second kappa shape index (κ2) is 7.31. The highest BCUT2D eigenvalue weighted by molar-refractivity contribution is 6.30. The number of carbonyl (C=O) groups excluding carboxylic acids is 1. The Morgan fingerprint density at radius 1 is 1.25 bits per heavy atom. The molecule has 0 aliphatic rings. The van der Waals surface area contributed by atoms with Crippen LogP contribution in [0.4, 0.5) is 0 Å². The smallest absolute Gasteiger partial charge is 0.244 e. The molecular formula is C17H18ClN5O. The molecule has 3 aromatic rings. The first-order valence-corrected chi connectivity index (χ1v) is 8.03. The van der Waals surface area contributed by atoms with Gasteiger partial charge in [0, 0.05) is 25.1 Å². The van der Waals surface area contributed by atoms with Crippen molar-refractivity contribution >= 4 is 17.5 Å². The molecule has 0 aliphatic heterocycles. The van der Waals surface area contributed by atoms with Gasteiger partial charge in [-0.3, -0.25) is 14.2 Å². The second-order valence-corrected chi connectivity index (χ2v) is 5.94. The summed E-state index contributed by atoms with van der Waals surface area (Å²) in [5, 5.41) is 11.8. The third-order valence-electron chi connectivity index (χ3n) is 3.81. The van der Waals surface area contributed by atoms with Crippen LogP contribution in [-0.4, -0.2) is 25.5 Å². The van der Waals surface area contributed by atoms with Crippen molar-refractivity contribution in [2.45, 2.75) is 26.1 Å². The molecule has 0 saturated heterocycles. The predicted octanol–water partition coefficient (Wildman–Crippen LogP) is 2.66. The lowest BCUT2D eigenvalue weighted by molar-refractivity contribution is -0.124. The summed E-state index contributed by atoms with van der Waals surface area (Å²) in [5.74, 6) is -0.108. The summed E-state index contributed by atoms with van der Waals surface area (Å²) < 4.78 is 3.41. The van der Waals surface area contributed by atoms with Crippen molar-refractivity contribution in [2.75, 3.05) is 0 Å². The molecule has 1 amide bonds. The topological polar surface area (TPSA) is 64.7 Å². The third kappa shape index (κ3) is 3.83. The van der Waals surface area contributed by atoms with E-state index in [9.17, 15) is 4.79 Å². The summed E-state index contributed by atoms with van der Waals surface area (Å²) in [6, 6.07) is 9.47. The van der Waals surface area contributed by atoms with Crippen molar-refractivity contribution in [3.63, 3.8) is 0 Å². The maximum atomic E-state index is 12.3. The van der Waals surface area contributed by atoms with Crippen LogP contribution in [0.1, 0.15) is 24.1 Å². The van der Waals surface area contributed by atoms with Crippen LogP contribution in [0.25, 0.3) is 0 Å². The number of halogens is 1. The maximum Gasteiger partial charge on any atom is 0.244 e. The van der Waals surface area contributed by atoms with Gasteiger partial charge in [-0.2, -0.15) is 10.2 Å². The first kappa shape index (κ1) is 16.3. The number of hydrogen-bond donors (Lipinski definition) is 1. The van der Waals surface area contributed by atoms with Gasteiger partial charge in [-0.1, -0.05) is 35.9 Å². The molecule has 6 nitrogen and oxygen atoms in total. The van der Waals surface area contributed by atoms with E-state index in [0.717, 1.165) is 11.1 Å². The van der Waals surface area contributed by atoms with E-state index in [4.69, 9.17) is 11.6 Å². The number of nitrogens with zero attached hydrogens (tertiary/aromatic N) is 4. The molecule has 2 heterocycles. The number of benzene rings is 1. The Kier molecular flexibility index (Phi) is 4.96. The average Bonchev–Trinajstić information content (AvgIpc) is 3.24. The van der Waals surface area contributed by atoms with E-state index in [1.165, 1.54) is 6.20 Å². The highest BCUT2D eigenvalue weighted by Crippen LogP contribution is 2.13. The van der Waals surface area contributed by atoms with Crippen molar-refractivity contribution in [2.24, 2.45) is 0 Å². The Morgan fingerprint density at radius 3 is 2.71 bits per heavy atom. The Hall–Kier alpha value is -2.60. The van der Waals surface area contributed by atoms with E-state index in [1.807, 2.05) is 41.2 Å². The van der Waals surface area contributed by atoms with Crippen LogP contribution in [0.3, 0.4) is 0 Å². The van der Waals surface area contributed by atoms with Gasteiger partial charge in [-0.05, 0) is 24.1 Å². The third-order valence-corrected chi connectivity index (χ3v) is 4.00. The molecule has 0 aliphatic carbocycles. The molecule has 3 rings (SSSR count). The number of carbonyl (C=O) groups is 1. The van der Waals surface area contributed by atoms with Crippen LogP contribution >= 0.6 is 11.6 Å². The first-order valence-electron chi connectivity index (χ1n) is 7.65. The monoisotopic (exact) mass is 343 g/mol. The predicted molar refractivity (Wildman–Crippen MR) is 91.6 cm³/mol. The first-order chi connectivity index (χ1) is 11.6. The summed E-state index contributed by atoms with van der Waals surface area (Å²) in [6.07, 6.45) is 6.82. The van der Waals surface area contributed by atoms with Crippen molar-refractivity contribution in [3.8, 4) is 0 Å². The summed E-state index contributed by atoms with van der Waals surface area (Å²) in [7, 11) is 0. The van der Waals surface area contributed by atoms with Crippen molar-refractivity contribution in [1.29, 1.82) is 0 Å². The van der Waals surface area contributed by atoms with Crippen LogP contribution in [0.15, 0.2) is 55.1 Å². The fourth-order valence-electron chi connectivity index (χ4n) is 2.43. The molecule has 124 valence electrons. The quantitative estimate of drug-likeness (QED) is 0.748. The lowest BCUT2D eigenvalue weighted by atomic mass is 10.1. The minimum Gasteiger partial charge on any atom is -0.350 e. The highest BCUT2D eigenvalue weighted by Gasteiger charge is 2.16. The molecule has 2 aromatic heterocycles.